The van der Waals surface area contributed by atoms with E-state index in [0.29, 0.717) is 11.1 Å². The van der Waals surface area contributed by atoms with Gasteiger partial charge in [0.2, 0.25) is 0 Å². The molecule has 1 heterocycles. The minimum atomic E-state index is 0.451. The molecule has 1 aliphatic heterocycles. The van der Waals surface area contributed by atoms with Crippen molar-refractivity contribution < 1.29 is 0 Å². The van der Waals surface area contributed by atoms with Crippen LogP contribution in [0.15, 0.2) is 0 Å². The van der Waals surface area contributed by atoms with Gasteiger partial charge in [-0.3, -0.25) is 4.90 Å². The maximum Gasteiger partial charge on any atom is 0.0334 e. The molecule has 0 aromatic carbocycles. The molecule has 3 rings (SSSR count). The van der Waals surface area contributed by atoms with Crippen molar-refractivity contribution in [2.45, 2.75) is 62.9 Å². The highest BCUT2D eigenvalue weighted by Gasteiger charge is 2.51. The van der Waals surface area contributed by atoms with E-state index in [1.807, 2.05) is 11.8 Å². The lowest BCUT2D eigenvalue weighted by atomic mass is 9.83. The largest absolute Gasteiger partial charge is 0.308 e. The fraction of sp³-hybridized carbons (Fsp3) is 1.00. The molecule has 0 amide bonds. The molecule has 19 heavy (non-hydrogen) atoms. The molecule has 0 aromatic heterocycles. The van der Waals surface area contributed by atoms with Crippen molar-refractivity contribution in [2.75, 3.05) is 31.6 Å². The van der Waals surface area contributed by atoms with Gasteiger partial charge in [0.25, 0.3) is 0 Å². The van der Waals surface area contributed by atoms with Crippen molar-refractivity contribution in [1.82, 2.24) is 10.2 Å². The third-order valence-corrected chi connectivity index (χ3v) is 6.53. The second-order valence-electron chi connectivity index (χ2n) is 7.24. The van der Waals surface area contributed by atoms with Gasteiger partial charge in [-0.05, 0) is 63.5 Å². The number of piperazine rings is 1. The standard InChI is InChI=1S/C16H30N2S/c1-15(14-6-7-14)12-17-16(8-3-4-9-16)13-18(15)10-5-11-19-2/h14,17H,3-13H2,1-2H3. The van der Waals surface area contributed by atoms with Crippen LogP contribution in [0.25, 0.3) is 0 Å². The van der Waals surface area contributed by atoms with E-state index in [2.05, 4.69) is 23.4 Å². The summed E-state index contributed by atoms with van der Waals surface area (Å²) in [4.78, 5) is 2.88. The Morgan fingerprint density at radius 1 is 1.26 bits per heavy atom. The van der Waals surface area contributed by atoms with Gasteiger partial charge >= 0.3 is 0 Å². The van der Waals surface area contributed by atoms with E-state index >= 15 is 0 Å². The van der Waals surface area contributed by atoms with E-state index in [1.54, 1.807) is 0 Å². The average Bonchev–Trinajstić information content (AvgIpc) is 3.17. The summed E-state index contributed by atoms with van der Waals surface area (Å²) in [6, 6.07) is 0. The van der Waals surface area contributed by atoms with Crippen LogP contribution in [-0.4, -0.2) is 47.6 Å². The first-order chi connectivity index (χ1) is 9.19. The van der Waals surface area contributed by atoms with Crippen LogP contribution in [0.2, 0.25) is 0 Å². The van der Waals surface area contributed by atoms with Gasteiger partial charge in [-0.25, -0.2) is 0 Å². The zero-order chi connectivity index (χ0) is 13.3. The molecule has 1 saturated heterocycles. The summed E-state index contributed by atoms with van der Waals surface area (Å²) in [5.41, 5.74) is 0.931. The minimum absolute atomic E-state index is 0.451. The molecule has 3 heteroatoms. The summed E-state index contributed by atoms with van der Waals surface area (Å²) in [5.74, 6) is 2.28. The topological polar surface area (TPSA) is 15.3 Å². The van der Waals surface area contributed by atoms with Crippen LogP contribution in [0.5, 0.6) is 0 Å². The van der Waals surface area contributed by atoms with Crippen LogP contribution in [0.1, 0.15) is 51.9 Å². The van der Waals surface area contributed by atoms with Crippen molar-refractivity contribution >= 4 is 11.8 Å². The highest BCUT2D eigenvalue weighted by Crippen LogP contribution is 2.46. The molecule has 1 spiro atoms. The van der Waals surface area contributed by atoms with Gasteiger partial charge in [0.15, 0.2) is 0 Å². The Bertz CT molecular complexity index is 310. The Labute approximate surface area is 123 Å². The summed E-state index contributed by atoms with van der Waals surface area (Å²) >= 11 is 2.00. The SMILES string of the molecule is CSCCCN1CC2(CCCC2)NCC1(C)C1CC1. The fourth-order valence-corrected chi connectivity index (χ4v) is 4.73. The highest BCUT2D eigenvalue weighted by atomic mass is 32.2. The number of hydrogen-bond donors (Lipinski definition) is 1. The van der Waals surface area contributed by atoms with E-state index in [9.17, 15) is 0 Å². The first-order valence-electron chi connectivity index (χ1n) is 8.18. The van der Waals surface area contributed by atoms with Gasteiger partial charge in [0.05, 0.1) is 0 Å². The molecule has 2 saturated carbocycles. The zero-order valence-corrected chi connectivity index (χ0v) is 13.5. The Morgan fingerprint density at radius 3 is 2.63 bits per heavy atom. The molecule has 2 nitrogen and oxygen atoms in total. The van der Waals surface area contributed by atoms with Gasteiger partial charge in [-0.15, -0.1) is 0 Å². The third-order valence-electron chi connectivity index (χ3n) is 5.83. The van der Waals surface area contributed by atoms with Gasteiger partial charge < -0.3 is 5.32 Å². The van der Waals surface area contributed by atoms with Crippen LogP contribution in [-0.2, 0) is 0 Å². The predicted molar refractivity (Wildman–Crippen MR) is 84.9 cm³/mol. The summed E-state index contributed by atoms with van der Waals surface area (Å²) in [5, 5.41) is 3.98. The van der Waals surface area contributed by atoms with Crippen molar-refractivity contribution in [3.05, 3.63) is 0 Å². The number of rotatable bonds is 5. The molecule has 1 N–H and O–H groups in total. The molecule has 1 atom stereocenters. The van der Waals surface area contributed by atoms with Crippen LogP contribution in [0.4, 0.5) is 0 Å². The highest BCUT2D eigenvalue weighted by molar-refractivity contribution is 7.98. The van der Waals surface area contributed by atoms with E-state index in [4.69, 9.17) is 0 Å². The normalized spacial score (nSPS) is 35.1. The number of hydrogen-bond acceptors (Lipinski definition) is 3. The van der Waals surface area contributed by atoms with E-state index in [1.165, 1.54) is 70.3 Å². The zero-order valence-electron chi connectivity index (χ0n) is 12.7. The maximum absolute atomic E-state index is 3.98. The van der Waals surface area contributed by atoms with Gasteiger partial charge in [-0.2, -0.15) is 11.8 Å². The number of nitrogens with one attached hydrogen (secondary N) is 1. The quantitative estimate of drug-likeness (QED) is 0.780. The minimum Gasteiger partial charge on any atom is -0.308 e. The number of thioether (sulfide) groups is 1. The van der Waals surface area contributed by atoms with Gasteiger partial charge in [0.1, 0.15) is 0 Å². The molecule has 110 valence electrons. The van der Waals surface area contributed by atoms with Crippen molar-refractivity contribution in [3.8, 4) is 0 Å². The van der Waals surface area contributed by atoms with Gasteiger partial charge in [0, 0.05) is 24.2 Å². The summed E-state index contributed by atoms with van der Waals surface area (Å²) in [6.07, 6.45) is 12.2. The first kappa shape index (κ1) is 14.2. The Hall–Kier alpha value is 0.270. The van der Waals surface area contributed by atoms with Crippen molar-refractivity contribution in [3.63, 3.8) is 0 Å². The molecule has 0 aromatic rings. The Kier molecular flexibility index (Phi) is 4.17. The van der Waals surface area contributed by atoms with Gasteiger partial charge in [-0.1, -0.05) is 12.8 Å². The smallest absolute Gasteiger partial charge is 0.0334 e. The number of nitrogens with zero attached hydrogens (tertiary/aromatic N) is 1. The van der Waals surface area contributed by atoms with Crippen molar-refractivity contribution in [2.24, 2.45) is 5.92 Å². The van der Waals surface area contributed by atoms with Crippen LogP contribution < -0.4 is 5.32 Å². The van der Waals surface area contributed by atoms with E-state index < -0.39 is 0 Å². The third kappa shape index (κ3) is 2.84. The van der Waals surface area contributed by atoms with E-state index in [0.717, 1.165) is 5.92 Å². The Balaban J connectivity index is 1.68. The second kappa shape index (κ2) is 5.57. The molecular formula is C16H30N2S. The average molecular weight is 282 g/mol. The lowest BCUT2D eigenvalue weighted by Crippen LogP contribution is -2.69. The second-order valence-corrected chi connectivity index (χ2v) is 8.23. The fourth-order valence-electron chi connectivity index (χ4n) is 4.31. The van der Waals surface area contributed by atoms with Crippen LogP contribution in [0, 0.1) is 5.92 Å². The van der Waals surface area contributed by atoms with Crippen LogP contribution >= 0.6 is 11.8 Å². The van der Waals surface area contributed by atoms with Crippen LogP contribution in [0.3, 0.4) is 0 Å². The summed E-state index contributed by atoms with van der Waals surface area (Å²) < 4.78 is 0. The lowest BCUT2D eigenvalue weighted by Gasteiger charge is -2.53. The molecule has 3 aliphatic rings. The first-order valence-corrected chi connectivity index (χ1v) is 9.57. The molecule has 3 fully saturated rings. The summed E-state index contributed by atoms with van der Waals surface area (Å²) in [6.45, 7) is 6.39. The molecule has 0 bridgehead atoms. The molecule has 2 aliphatic carbocycles. The lowest BCUT2D eigenvalue weighted by molar-refractivity contribution is 0.00302. The molecule has 1 unspecified atom stereocenters. The van der Waals surface area contributed by atoms with E-state index in [-0.39, 0.29) is 0 Å². The molecular weight excluding hydrogens is 252 g/mol. The predicted octanol–water partition coefficient (Wildman–Crippen LogP) is 3.13. The van der Waals surface area contributed by atoms with Crippen molar-refractivity contribution in [1.29, 1.82) is 0 Å². The monoisotopic (exact) mass is 282 g/mol. The Morgan fingerprint density at radius 2 is 2.00 bits per heavy atom. The molecule has 0 radical (unpaired) electrons. The summed E-state index contributed by atoms with van der Waals surface area (Å²) in [7, 11) is 0. The maximum atomic E-state index is 3.98.